The average molecular weight is 320 g/mol. The monoisotopic (exact) mass is 319 g/mol. The van der Waals surface area contributed by atoms with Crippen molar-refractivity contribution in [1.29, 1.82) is 0 Å². The molecule has 0 spiro atoms. The van der Waals surface area contributed by atoms with Gasteiger partial charge in [0.05, 0.1) is 12.7 Å². The second-order valence-corrected chi connectivity index (χ2v) is 4.97. The van der Waals surface area contributed by atoms with Crippen LogP contribution in [0.15, 0.2) is 46.9 Å². The Balaban J connectivity index is 2.28. The van der Waals surface area contributed by atoms with E-state index in [1.165, 1.54) is 0 Å². The van der Waals surface area contributed by atoms with Crippen LogP contribution in [0.5, 0.6) is 5.75 Å². The minimum absolute atomic E-state index is 0.167. The number of aryl methyl sites for hydroxylation is 1. The Bertz CT molecular complexity index is 611. The number of nitrogens with one attached hydrogen (secondary N) is 1. The molecule has 0 aliphatic carbocycles. The molecular formula is C15H14BrNO2. The summed E-state index contributed by atoms with van der Waals surface area (Å²) in [6.07, 6.45) is 0. The van der Waals surface area contributed by atoms with Crippen LogP contribution in [0.4, 0.5) is 5.69 Å². The van der Waals surface area contributed by atoms with Crippen LogP contribution in [0.1, 0.15) is 15.9 Å². The zero-order chi connectivity index (χ0) is 13.8. The van der Waals surface area contributed by atoms with E-state index in [0.29, 0.717) is 11.3 Å². The van der Waals surface area contributed by atoms with E-state index in [9.17, 15) is 4.79 Å². The first kappa shape index (κ1) is 13.6. The van der Waals surface area contributed by atoms with Gasteiger partial charge in [0, 0.05) is 10.2 Å². The zero-order valence-corrected chi connectivity index (χ0v) is 12.3. The summed E-state index contributed by atoms with van der Waals surface area (Å²) in [5, 5.41) is 2.89. The molecule has 2 aromatic carbocycles. The fourth-order valence-electron chi connectivity index (χ4n) is 1.71. The van der Waals surface area contributed by atoms with Gasteiger partial charge >= 0.3 is 0 Å². The average Bonchev–Trinajstić information content (AvgIpc) is 2.42. The number of carbonyl (C=O) groups excluding carboxylic acids is 1. The maximum atomic E-state index is 12.3. The van der Waals surface area contributed by atoms with Crippen LogP contribution in [0, 0.1) is 6.92 Å². The lowest BCUT2D eigenvalue weighted by Crippen LogP contribution is -2.13. The normalized spacial score (nSPS) is 10.1. The quantitative estimate of drug-likeness (QED) is 0.928. The summed E-state index contributed by atoms with van der Waals surface area (Å²) >= 11 is 3.38. The minimum atomic E-state index is -0.167. The van der Waals surface area contributed by atoms with Gasteiger partial charge < -0.3 is 10.1 Å². The minimum Gasteiger partial charge on any atom is -0.497 e. The van der Waals surface area contributed by atoms with Crippen LogP contribution in [0.3, 0.4) is 0 Å². The number of hydrogen-bond acceptors (Lipinski definition) is 2. The number of halogens is 1. The second kappa shape index (κ2) is 5.89. The van der Waals surface area contributed by atoms with Crippen molar-refractivity contribution in [2.24, 2.45) is 0 Å². The lowest BCUT2D eigenvalue weighted by Gasteiger charge is -2.10. The highest BCUT2D eigenvalue weighted by molar-refractivity contribution is 9.10. The molecule has 3 nitrogen and oxygen atoms in total. The summed E-state index contributed by atoms with van der Waals surface area (Å²) in [6.45, 7) is 1.95. The van der Waals surface area contributed by atoms with E-state index in [2.05, 4.69) is 21.2 Å². The highest BCUT2D eigenvalue weighted by Gasteiger charge is 2.12. The van der Waals surface area contributed by atoms with Crippen LogP contribution < -0.4 is 10.1 Å². The zero-order valence-electron chi connectivity index (χ0n) is 10.7. The first-order valence-corrected chi connectivity index (χ1v) is 6.61. The van der Waals surface area contributed by atoms with Crippen LogP contribution >= 0.6 is 15.9 Å². The SMILES string of the molecule is COc1ccc(Br)c(C(=O)Nc2ccccc2C)c1. The molecule has 0 aliphatic heterocycles. The molecule has 1 N–H and O–H groups in total. The summed E-state index contributed by atoms with van der Waals surface area (Å²) < 4.78 is 5.87. The molecular weight excluding hydrogens is 306 g/mol. The fourth-order valence-corrected chi connectivity index (χ4v) is 2.13. The van der Waals surface area contributed by atoms with E-state index < -0.39 is 0 Å². The largest absolute Gasteiger partial charge is 0.497 e. The van der Waals surface area contributed by atoms with E-state index >= 15 is 0 Å². The third-order valence-electron chi connectivity index (χ3n) is 2.81. The van der Waals surface area contributed by atoms with Crippen molar-refractivity contribution in [3.63, 3.8) is 0 Å². The summed E-state index contributed by atoms with van der Waals surface area (Å²) in [5.74, 6) is 0.484. The maximum Gasteiger partial charge on any atom is 0.256 e. The van der Waals surface area contributed by atoms with Gasteiger partial charge in [0.2, 0.25) is 0 Å². The van der Waals surface area contributed by atoms with Crippen molar-refractivity contribution in [2.45, 2.75) is 6.92 Å². The van der Waals surface area contributed by atoms with Crippen LogP contribution in [0.2, 0.25) is 0 Å². The summed E-state index contributed by atoms with van der Waals surface area (Å²) in [6, 6.07) is 13.0. The standard InChI is InChI=1S/C15H14BrNO2/c1-10-5-3-4-6-14(10)17-15(18)12-9-11(19-2)7-8-13(12)16/h3-9H,1-2H3,(H,17,18). The van der Waals surface area contributed by atoms with Crippen molar-refractivity contribution in [2.75, 3.05) is 12.4 Å². The number of amides is 1. The first-order chi connectivity index (χ1) is 9.11. The van der Waals surface area contributed by atoms with Crippen molar-refractivity contribution in [3.8, 4) is 5.75 Å². The van der Waals surface area contributed by atoms with Gasteiger partial charge in [-0.15, -0.1) is 0 Å². The van der Waals surface area contributed by atoms with Crippen molar-refractivity contribution < 1.29 is 9.53 Å². The van der Waals surface area contributed by atoms with Gasteiger partial charge in [-0.2, -0.15) is 0 Å². The van der Waals surface area contributed by atoms with E-state index in [0.717, 1.165) is 15.7 Å². The highest BCUT2D eigenvalue weighted by Crippen LogP contribution is 2.24. The van der Waals surface area contributed by atoms with Crippen LogP contribution in [0.25, 0.3) is 0 Å². The predicted molar refractivity (Wildman–Crippen MR) is 79.8 cm³/mol. The number of methoxy groups -OCH3 is 1. The van der Waals surface area contributed by atoms with Gasteiger partial charge in [0.15, 0.2) is 0 Å². The van der Waals surface area contributed by atoms with E-state index in [1.807, 2.05) is 31.2 Å². The molecule has 0 bridgehead atoms. The molecule has 0 unspecified atom stereocenters. The summed E-state index contributed by atoms with van der Waals surface area (Å²) in [4.78, 5) is 12.3. The van der Waals surface area contributed by atoms with Crippen LogP contribution in [-0.2, 0) is 0 Å². The maximum absolute atomic E-state index is 12.3. The van der Waals surface area contributed by atoms with Crippen molar-refractivity contribution in [3.05, 3.63) is 58.1 Å². The lowest BCUT2D eigenvalue weighted by atomic mass is 10.1. The van der Waals surface area contributed by atoms with Crippen molar-refractivity contribution in [1.82, 2.24) is 0 Å². The highest BCUT2D eigenvalue weighted by atomic mass is 79.9. The number of benzene rings is 2. The molecule has 4 heteroatoms. The molecule has 0 fully saturated rings. The number of anilines is 1. The van der Waals surface area contributed by atoms with E-state index in [-0.39, 0.29) is 5.91 Å². The predicted octanol–water partition coefficient (Wildman–Crippen LogP) is 4.02. The Hall–Kier alpha value is -1.81. The first-order valence-electron chi connectivity index (χ1n) is 5.82. The number of carbonyl (C=O) groups is 1. The van der Waals surface area contributed by atoms with Crippen LogP contribution in [-0.4, -0.2) is 13.0 Å². The third-order valence-corrected chi connectivity index (χ3v) is 3.50. The molecule has 0 heterocycles. The third kappa shape index (κ3) is 3.15. The Morgan fingerprint density at radius 2 is 1.95 bits per heavy atom. The Kier molecular flexibility index (Phi) is 4.22. The Morgan fingerprint density at radius 1 is 1.21 bits per heavy atom. The molecule has 0 atom stereocenters. The van der Waals surface area contributed by atoms with Gasteiger partial charge in [0.1, 0.15) is 5.75 Å². The molecule has 0 saturated carbocycles. The fraction of sp³-hybridized carbons (Fsp3) is 0.133. The molecule has 0 saturated heterocycles. The number of rotatable bonds is 3. The van der Waals surface area contributed by atoms with E-state index in [1.54, 1.807) is 25.3 Å². The van der Waals surface area contributed by atoms with Gasteiger partial charge in [-0.3, -0.25) is 4.79 Å². The number of ether oxygens (including phenoxy) is 1. The van der Waals surface area contributed by atoms with Gasteiger partial charge in [-0.25, -0.2) is 0 Å². The van der Waals surface area contributed by atoms with Crippen molar-refractivity contribution >= 4 is 27.5 Å². The molecule has 0 aromatic heterocycles. The molecule has 98 valence electrons. The van der Waals surface area contributed by atoms with Gasteiger partial charge in [-0.05, 0) is 52.7 Å². The molecule has 0 aliphatic rings. The summed E-state index contributed by atoms with van der Waals surface area (Å²) in [5.41, 5.74) is 2.37. The lowest BCUT2D eigenvalue weighted by molar-refractivity contribution is 0.102. The molecule has 2 aromatic rings. The summed E-state index contributed by atoms with van der Waals surface area (Å²) in [7, 11) is 1.58. The van der Waals surface area contributed by atoms with Gasteiger partial charge in [-0.1, -0.05) is 18.2 Å². The number of hydrogen-bond donors (Lipinski definition) is 1. The molecule has 0 radical (unpaired) electrons. The smallest absolute Gasteiger partial charge is 0.256 e. The molecule has 19 heavy (non-hydrogen) atoms. The van der Waals surface area contributed by atoms with E-state index in [4.69, 9.17) is 4.74 Å². The second-order valence-electron chi connectivity index (χ2n) is 4.11. The Morgan fingerprint density at radius 3 is 2.63 bits per heavy atom. The Labute approximate surface area is 120 Å². The van der Waals surface area contributed by atoms with Gasteiger partial charge in [0.25, 0.3) is 5.91 Å². The number of para-hydroxylation sites is 1. The topological polar surface area (TPSA) is 38.3 Å². The molecule has 1 amide bonds. The molecule has 2 rings (SSSR count).